The Labute approximate surface area is 170 Å². The van der Waals surface area contributed by atoms with Crippen molar-refractivity contribution in [2.24, 2.45) is 0 Å². The molecule has 27 heavy (non-hydrogen) atoms. The maximum atomic E-state index is 13.2. The number of halogens is 1. The molecule has 0 N–H and O–H groups in total. The molecule has 0 aromatic heterocycles. The predicted molar refractivity (Wildman–Crippen MR) is 108 cm³/mol. The Kier molecular flexibility index (Phi) is 6.76. The Balaban J connectivity index is 2.55. The first kappa shape index (κ1) is 21.1. The number of para-hydroxylation sites is 1. The van der Waals surface area contributed by atoms with E-state index in [0.717, 1.165) is 10.4 Å². The molecule has 0 spiro atoms. The van der Waals surface area contributed by atoms with Gasteiger partial charge >= 0.3 is 5.97 Å². The van der Waals surface area contributed by atoms with E-state index in [4.69, 9.17) is 4.74 Å². The lowest BCUT2D eigenvalue weighted by atomic mass is 10.3. The fourth-order valence-electron chi connectivity index (χ4n) is 2.26. The molecule has 0 saturated heterocycles. The monoisotopic (exact) mass is 504 g/mol. The molecule has 0 heterocycles. The van der Waals surface area contributed by atoms with E-state index in [1.165, 1.54) is 18.2 Å². The highest BCUT2D eigenvalue weighted by atomic mass is 127. The van der Waals surface area contributed by atoms with Crippen LogP contribution in [0.4, 0.5) is 11.4 Å². The number of nitrogens with zero attached hydrogens (tertiary/aromatic N) is 2. The lowest BCUT2D eigenvalue weighted by molar-refractivity contribution is -0.385. The van der Waals surface area contributed by atoms with Crippen LogP contribution in [0.5, 0.6) is 0 Å². The number of ether oxygens (including phenoxy) is 1. The van der Waals surface area contributed by atoms with Gasteiger partial charge in [-0.1, -0.05) is 18.2 Å². The highest BCUT2D eigenvalue weighted by Gasteiger charge is 2.30. The summed E-state index contributed by atoms with van der Waals surface area (Å²) in [5, 5.41) is 11.0. The van der Waals surface area contributed by atoms with Gasteiger partial charge in [0.2, 0.25) is 0 Å². The van der Waals surface area contributed by atoms with Crippen LogP contribution in [0.1, 0.15) is 13.8 Å². The SMILES string of the molecule is CC(C)OC(=O)CN(c1ccccc1I)S(=O)(=O)c1cccc([N+](=O)[O-])c1. The van der Waals surface area contributed by atoms with Gasteiger partial charge in [-0.05, 0) is 54.6 Å². The average Bonchev–Trinajstić information content (AvgIpc) is 2.60. The van der Waals surface area contributed by atoms with Crippen LogP contribution in [0.3, 0.4) is 0 Å². The van der Waals surface area contributed by atoms with Crippen LogP contribution in [0, 0.1) is 13.7 Å². The first-order valence-electron chi connectivity index (χ1n) is 7.84. The second-order valence-corrected chi connectivity index (χ2v) is 8.78. The molecule has 2 aromatic carbocycles. The maximum absolute atomic E-state index is 13.2. The second kappa shape index (κ2) is 8.65. The molecule has 0 aliphatic carbocycles. The third-order valence-electron chi connectivity index (χ3n) is 3.38. The number of anilines is 1. The van der Waals surface area contributed by atoms with Crippen molar-refractivity contribution in [1.82, 2.24) is 0 Å². The molecule has 0 amide bonds. The average molecular weight is 504 g/mol. The van der Waals surface area contributed by atoms with E-state index in [1.807, 2.05) is 22.6 Å². The van der Waals surface area contributed by atoms with Gasteiger partial charge in [0.1, 0.15) is 6.54 Å². The number of non-ortho nitro benzene ring substituents is 1. The zero-order valence-electron chi connectivity index (χ0n) is 14.5. The van der Waals surface area contributed by atoms with Crippen molar-refractivity contribution in [3.8, 4) is 0 Å². The summed E-state index contributed by atoms with van der Waals surface area (Å²) < 4.78 is 32.9. The summed E-state index contributed by atoms with van der Waals surface area (Å²) in [6, 6.07) is 11.3. The summed E-state index contributed by atoms with van der Waals surface area (Å²) >= 11 is 1.96. The summed E-state index contributed by atoms with van der Waals surface area (Å²) in [6.45, 7) is 2.76. The number of nitro benzene ring substituents is 1. The second-order valence-electron chi connectivity index (χ2n) is 5.76. The molecule has 0 bridgehead atoms. The fourth-order valence-corrected chi connectivity index (χ4v) is 4.57. The zero-order valence-corrected chi connectivity index (χ0v) is 17.5. The quantitative estimate of drug-likeness (QED) is 0.248. The largest absolute Gasteiger partial charge is 0.462 e. The molecule has 0 fully saturated rings. The van der Waals surface area contributed by atoms with Crippen molar-refractivity contribution < 1.29 is 22.9 Å². The number of nitro groups is 1. The molecule has 0 unspecified atom stereocenters. The van der Waals surface area contributed by atoms with Crippen LogP contribution in [-0.2, 0) is 19.6 Å². The minimum Gasteiger partial charge on any atom is -0.462 e. The van der Waals surface area contributed by atoms with Crippen LogP contribution in [0.25, 0.3) is 0 Å². The lowest BCUT2D eigenvalue weighted by Crippen LogP contribution is -2.37. The normalized spacial score (nSPS) is 11.3. The van der Waals surface area contributed by atoms with Gasteiger partial charge in [0.25, 0.3) is 15.7 Å². The van der Waals surface area contributed by atoms with E-state index in [2.05, 4.69) is 0 Å². The number of sulfonamides is 1. The summed E-state index contributed by atoms with van der Waals surface area (Å²) in [5.74, 6) is -0.723. The minimum absolute atomic E-state index is 0.283. The Hall–Kier alpha value is -2.21. The van der Waals surface area contributed by atoms with Crippen LogP contribution in [0.15, 0.2) is 53.4 Å². The van der Waals surface area contributed by atoms with Gasteiger partial charge in [-0.2, -0.15) is 0 Å². The van der Waals surface area contributed by atoms with Crippen LogP contribution >= 0.6 is 22.6 Å². The molecular weight excluding hydrogens is 487 g/mol. The lowest BCUT2D eigenvalue weighted by Gasteiger charge is -2.25. The minimum atomic E-state index is -4.24. The van der Waals surface area contributed by atoms with Gasteiger partial charge in [-0.3, -0.25) is 19.2 Å². The molecule has 144 valence electrons. The topological polar surface area (TPSA) is 107 Å². The van der Waals surface area contributed by atoms with Crippen molar-refractivity contribution in [2.75, 3.05) is 10.8 Å². The van der Waals surface area contributed by atoms with Gasteiger partial charge in [0, 0.05) is 15.7 Å². The predicted octanol–water partition coefficient (Wildman–Crippen LogP) is 3.35. The molecule has 0 atom stereocenters. The van der Waals surface area contributed by atoms with Gasteiger partial charge < -0.3 is 4.74 Å². The van der Waals surface area contributed by atoms with Crippen LogP contribution in [0.2, 0.25) is 0 Å². The van der Waals surface area contributed by atoms with Crippen LogP contribution in [-0.4, -0.2) is 32.0 Å². The summed E-state index contributed by atoms with van der Waals surface area (Å²) in [6.07, 6.45) is -0.408. The third kappa shape index (κ3) is 5.16. The fraction of sp³-hybridized carbons (Fsp3) is 0.235. The summed E-state index contributed by atoms with van der Waals surface area (Å²) in [4.78, 5) is 22.2. The van der Waals surface area contributed by atoms with E-state index in [0.29, 0.717) is 3.57 Å². The summed E-state index contributed by atoms with van der Waals surface area (Å²) in [5.41, 5.74) is -0.0751. The highest BCUT2D eigenvalue weighted by Crippen LogP contribution is 2.29. The number of carbonyl (C=O) groups excluding carboxylic acids is 1. The van der Waals surface area contributed by atoms with Gasteiger partial charge in [0.15, 0.2) is 0 Å². The van der Waals surface area contributed by atoms with Gasteiger partial charge in [-0.25, -0.2) is 8.42 Å². The Morgan fingerprint density at radius 3 is 2.48 bits per heavy atom. The molecule has 0 radical (unpaired) electrons. The van der Waals surface area contributed by atoms with Crippen LogP contribution < -0.4 is 4.31 Å². The molecule has 0 aliphatic heterocycles. The van der Waals surface area contributed by atoms with Gasteiger partial charge in [0.05, 0.1) is 21.6 Å². The van der Waals surface area contributed by atoms with E-state index in [9.17, 15) is 23.3 Å². The molecule has 2 aromatic rings. The first-order chi connectivity index (χ1) is 12.6. The molecule has 0 saturated carbocycles. The molecule has 10 heteroatoms. The van der Waals surface area contributed by atoms with Crippen molar-refractivity contribution in [3.63, 3.8) is 0 Å². The highest BCUT2D eigenvalue weighted by molar-refractivity contribution is 14.1. The standard InChI is InChI=1S/C17H17IN2O6S/c1-12(2)26-17(21)11-19(16-9-4-3-8-15(16)18)27(24,25)14-7-5-6-13(10-14)20(22)23/h3-10,12H,11H2,1-2H3. The Bertz CT molecular complexity index is 961. The van der Waals surface area contributed by atoms with Crippen molar-refractivity contribution in [1.29, 1.82) is 0 Å². The molecular formula is C17H17IN2O6S. The number of benzene rings is 2. The Morgan fingerprint density at radius 1 is 1.22 bits per heavy atom. The number of hydrogen-bond donors (Lipinski definition) is 0. The molecule has 0 aliphatic rings. The zero-order chi connectivity index (χ0) is 20.2. The van der Waals surface area contributed by atoms with Crippen molar-refractivity contribution >= 4 is 50.0 Å². The third-order valence-corrected chi connectivity index (χ3v) is 6.05. The van der Waals surface area contributed by atoms with Gasteiger partial charge in [-0.15, -0.1) is 0 Å². The van der Waals surface area contributed by atoms with E-state index < -0.39 is 33.6 Å². The number of hydrogen-bond acceptors (Lipinski definition) is 6. The van der Waals surface area contributed by atoms with E-state index in [-0.39, 0.29) is 16.3 Å². The van der Waals surface area contributed by atoms with E-state index in [1.54, 1.807) is 38.1 Å². The number of rotatable bonds is 7. The smallest absolute Gasteiger partial charge is 0.327 e. The van der Waals surface area contributed by atoms with Crippen molar-refractivity contribution in [3.05, 3.63) is 62.2 Å². The van der Waals surface area contributed by atoms with E-state index >= 15 is 0 Å². The first-order valence-corrected chi connectivity index (χ1v) is 10.4. The summed E-state index contributed by atoms with van der Waals surface area (Å²) in [7, 11) is -4.24. The molecule has 8 nitrogen and oxygen atoms in total. The Morgan fingerprint density at radius 2 is 1.89 bits per heavy atom. The number of carbonyl (C=O) groups is 1. The van der Waals surface area contributed by atoms with Crippen molar-refractivity contribution in [2.45, 2.75) is 24.8 Å². The number of esters is 1. The maximum Gasteiger partial charge on any atom is 0.327 e. The molecule has 2 rings (SSSR count).